The normalized spacial score (nSPS) is 12.8. The van der Waals surface area contributed by atoms with Gasteiger partial charge in [0.15, 0.2) is 0 Å². The number of rotatable bonds is 10. The van der Waals surface area contributed by atoms with Gasteiger partial charge in [0, 0.05) is 22.5 Å². The van der Waals surface area contributed by atoms with Gasteiger partial charge in [0.1, 0.15) is 6.04 Å². The summed E-state index contributed by atoms with van der Waals surface area (Å²) in [4.78, 5) is 28.9. The van der Waals surface area contributed by atoms with E-state index in [-0.39, 0.29) is 23.6 Å². The maximum Gasteiger partial charge on any atom is 0.243 e. The van der Waals surface area contributed by atoms with Crippen LogP contribution >= 0.6 is 23.4 Å². The first-order valence-corrected chi connectivity index (χ1v) is 11.7. The van der Waals surface area contributed by atoms with Crippen LogP contribution in [0.15, 0.2) is 53.4 Å². The lowest BCUT2D eigenvalue weighted by Crippen LogP contribution is -2.51. The van der Waals surface area contributed by atoms with E-state index in [1.807, 2.05) is 70.2 Å². The Morgan fingerprint density at radius 2 is 1.73 bits per heavy atom. The third-order valence-electron chi connectivity index (χ3n) is 5.07. The Labute approximate surface area is 189 Å². The van der Waals surface area contributed by atoms with Crippen molar-refractivity contribution in [2.24, 2.45) is 0 Å². The van der Waals surface area contributed by atoms with Gasteiger partial charge in [0.25, 0.3) is 0 Å². The van der Waals surface area contributed by atoms with Crippen molar-refractivity contribution in [2.45, 2.75) is 64.1 Å². The number of nitrogens with zero attached hydrogens (tertiary/aromatic N) is 1. The summed E-state index contributed by atoms with van der Waals surface area (Å²) in [7, 11) is 0. The van der Waals surface area contributed by atoms with Crippen molar-refractivity contribution in [3.8, 4) is 0 Å². The van der Waals surface area contributed by atoms with Gasteiger partial charge in [-0.3, -0.25) is 9.59 Å². The molecule has 0 heterocycles. The van der Waals surface area contributed by atoms with Gasteiger partial charge in [-0.15, -0.1) is 11.8 Å². The molecule has 6 heteroatoms. The maximum absolute atomic E-state index is 13.2. The van der Waals surface area contributed by atoms with Crippen molar-refractivity contribution < 1.29 is 9.59 Å². The van der Waals surface area contributed by atoms with Gasteiger partial charge in [-0.1, -0.05) is 61.3 Å². The molecule has 2 atom stereocenters. The molecule has 2 aromatic carbocycles. The molecular formula is C24H31ClN2O2S. The highest BCUT2D eigenvalue weighted by Crippen LogP contribution is 2.23. The first-order valence-electron chi connectivity index (χ1n) is 10.4. The van der Waals surface area contributed by atoms with Gasteiger partial charge in [-0.05, 0) is 50.5 Å². The maximum atomic E-state index is 13.2. The fourth-order valence-electron chi connectivity index (χ4n) is 3.03. The fourth-order valence-corrected chi connectivity index (χ4v) is 4.01. The Bertz CT molecular complexity index is 841. The molecule has 0 aliphatic heterocycles. The van der Waals surface area contributed by atoms with Crippen molar-refractivity contribution in [1.82, 2.24) is 10.2 Å². The third kappa shape index (κ3) is 7.06. The zero-order chi connectivity index (χ0) is 22.1. The molecule has 0 saturated carbocycles. The molecule has 0 aliphatic carbocycles. The first kappa shape index (κ1) is 24.3. The van der Waals surface area contributed by atoms with Gasteiger partial charge in [0.05, 0.1) is 5.75 Å². The van der Waals surface area contributed by atoms with Crippen LogP contribution in [0.2, 0.25) is 5.02 Å². The second-order valence-corrected chi connectivity index (χ2v) is 8.91. The molecule has 0 saturated heterocycles. The Morgan fingerprint density at radius 1 is 1.07 bits per heavy atom. The molecule has 0 fully saturated rings. The number of carbonyl (C=O) groups excluding carboxylic acids is 2. The summed E-state index contributed by atoms with van der Waals surface area (Å²) in [5.41, 5.74) is 2.02. The number of aryl methyl sites for hydroxylation is 1. The molecule has 0 aromatic heterocycles. The van der Waals surface area contributed by atoms with E-state index in [0.717, 1.165) is 16.9 Å². The number of carbonyl (C=O) groups is 2. The molecule has 4 nitrogen and oxygen atoms in total. The van der Waals surface area contributed by atoms with Crippen LogP contribution in [0.1, 0.15) is 44.7 Å². The van der Waals surface area contributed by atoms with Crippen molar-refractivity contribution in [1.29, 1.82) is 0 Å². The van der Waals surface area contributed by atoms with Gasteiger partial charge >= 0.3 is 0 Å². The van der Waals surface area contributed by atoms with Gasteiger partial charge in [0.2, 0.25) is 11.8 Å². The van der Waals surface area contributed by atoms with Crippen molar-refractivity contribution >= 4 is 35.2 Å². The van der Waals surface area contributed by atoms with E-state index in [1.165, 1.54) is 17.3 Å². The molecule has 30 heavy (non-hydrogen) atoms. The third-order valence-corrected chi connectivity index (χ3v) is 6.43. The monoisotopic (exact) mass is 446 g/mol. The van der Waals surface area contributed by atoms with Crippen molar-refractivity contribution in [2.75, 3.05) is 5.75 Å². The predicted molar refractivity (Wildman–Crippen MR) is 126 cm³/mol. The lowest BCUT2D eigenvalue weighted by molar-refractivity contribution is -0.139. The van der Waals surface area contributed by atoms with Gasteiger partial charge in [-0.2, -0.15) is 0 Å². The summed E-state index contributed by atoms with van der Waals surface area (Å²) in [6.45, 7) is 8.27. The molecule has 2 rings (SSSR count). The highest BCUT2D eigenvalue weighted by atomic mass is 35.5. The molecule has 0 unspecified atom stereocenters. The van der Waals surface area contributed by atoms with Crippen LogP contribution in [0.3, 0.4) is 0 Å². The van der Waals surface area contributed by atoms with Gasteiger partial charge < -0.3 is 10.2 Å². The molecule has 0 aliphatic rings. The lowest BCUT2D eigenvalue weighted by Gasteiger charge is -2.31. The predicted octanol–water partition coefficient (Wildman–Crippen LogP) is 5.46. The number of halogens is 1. The first-order chi connectivity index (χ1) is 14.3. The molecule has 1 N–H and O–H groups in total. The number of hydrogen-bond donors (Lipinski definition) is 1. The standard InChI is InChI=1S/C24H31ClN2O2S/c1-5-18(4)26-24(29)22(6-2)27(15-19-9-7-8-10-21(19)25)23(28)16-30-20-13-11-17(3)12-14-20/h7-14,18,22H,5-6,15-16H2,1-4H3,(H,26,29)/t18-,22-/m0/s1. The lowest BCUT2D eigenvalue weighted by atomic mass is 10.1. The van der Waals surface area contributed by atoms with Crippen molar-refractivity contribution in [3.63, 3.8) is 0 Å². The smallest absolute Gasteiger partial charge is 0.243 e. The second-order valence-electron chi connectivity index (χ2n) is 7.46. The Kier molecular flexibility index (Phi) is 9.73. The Hall–Kier alpha value is -1.98. The fraction of sp³-hybridized carbons (Fsp3) is 0.417. The van der Waals surface area contributed by atoms with E-state index in [2.05, 4.69) is 5.32 Å². The van der Waals surface area contributed by atoms with Crippen molar-refractivity contribution in [3.05, 3.63) is 64.7 Å². The number of nitrogens with one attached hydrogen (secondary N) is 1. The zero-order valence-electron chi connectivity index (χ0n) is 18.2. The topological polar surface area (TPSA) is 49.4 Å². The quantitative estimate of drug-likeness (QED) is 0.493. The van der Waals surface area contributed by atoms with Gasteiger partial charge in [-0.25, -0.2) is 0 Å². The number of thioether (sulfide) groups is 1. The molecule has 162 valence electrons. The largest absolute Gasteiger partial charge is 0.352 e. The van der Waals surface area contributed by atoms with E-state index in [0.29, 0.717) is 18.0 Å². The summed E-state index contributed by atoms with van der Waals surface area (Å²) in [6.07, 6.45) is 1.37. The average molecular weight is 447 g/mol. The molecular weight excluding hydrogens is 416 g/mol. The van der Waals surface area contributed by atoms with Crippen LogP contribution in [0.25, 0.3) is 0 Å². The average Bonchev–Trinajstić information content (AvgIpc) is 2.74. The SMILES string of the molecule is CC[C@H](C)NC(=O)[C@H](CC)N(Cc1ccccc1Cl)C(=O)CSc1ccc(C)cc1. The molecule has 0 bridgehead atoms. The Balaban J connectivity index is 2.21. The Morgan fingerprint density at radius 3 is 2.33 bits per heavy atom. The summed E-state index contributed by atoms with van der Waals surface area (Å²) in [6, 6.07) is 15.1. The van der Waals surface area contributed by atoms with Crippen LogP contribution in [-0.4, -0.2) is 34.6 Å². The van der Waals surface area contributed by atoms with E-state index < -0.39 is 6.04 Å². The minimum atomic E-state index is -0.540. The molecule has 0 radical (unpaired) electrons. The highest BCUT2D eigenvalue weighted by molar-refractivity contribution is 8.00. The molecule has 2 amide bonds. The highest BCUT2D eigenvalue weighted by Gasteiger charge is 2.29. The van der Waals surface area contributed by atoms with E-state index in [9.17, 15) is 9.59 Å². The summed E-state index contributed by atoms with van der Waals surface area (Å²) in [5.74, 6) is 0.0694. The van der Waals surface area contributed by atoms with Crippen LogP contribution in [-0.2, 0) is 16.1 Å². The minimum Gasteiger partial charge on any atom is -0.352 e. The van der Waals surface area contributed by atoms with Crippen LogP contribution < -0.4 is 5.32 Å². The second kappa shape index (κ2) is 12.0. The van der Waals surface area contributed by atoms with E-state index in [1.54, 1.807) is 11.0 Å². The van der Waals surface area contributed by atoms with Crippen LogP contribution in [0.5, 0.6) is 0 Å². The number of amides is 2. The van der Waals surface area contributed by atoms with Crippen LogP contribution in [0.4, 0.5) is 0 Å². The minimum absolute atomic E-state index is 0.0609. The van der Waals surface area contributed by atoms with Crippen LogP contribution in [0, 0.1) is 6.92 Å². The molecule has 2 aromatic rings. The number of benzene rings is 2. The number of hydrogen-bond acceptors (Lipinski definition) is 3. The summed E-state index contributed by atoms with van der Waals surface area (Å²) < 4.78 is 0. The molecule has 0 spiro atoms. The van der Waals surface area contributed by atoms with E-state index >= 15 is 0 Å². The van der Waals surface area contributed by atoms with E-state index in [4.69, 9.17) is 11.6 Å². The summed E-state index contributed by atoms with van der Waals surface area (Å²) >= 11 is 7.83. The zero-order valence-corrected chi connectivity index (χ0v) is 19.7. The summed E-state index contributed by atoms with van der Waals surface area (Å²) in [5, 5.41) is 3.62.